The molecule has 2 aromatic carbocycles. The van der Waals surface area contributed by atoms with Gasteiger partial charge in [-0.15, -0.1) is 0 Å². The molecule has 2 aliphatic rings. The number of carbonyl (C=O) groups is 2. The highest BCUT2D eigenvalue weighted by Crippen LogP contribution is 2.38. The second kappa shape index (κ2) is 9.03. The number of amides is 2. The summed E-state index contributed by atoms with van der Waals surface area (Å²) < 4.78 is 27.7. The third-order valence-corrected chi connectivity index (χ3v) is 8.28. The first-order valence-electron chi connectivity index (χ1n) is 11.1. The molecule has 2 unspecified atom stereocenters. The van der Waals surface area contributed by atoms with E-state index in [0.29, 0.717) is 41.5 Å². The quantitative estimate of drug-likeness (QED) is 0.688. The molecule has 2 N–H and O–H groups in total. The Hall–Kier alpha value is -2.71. The standard InChI is InChI=1S/C24H29N3O4S/c1-16-6-9-20(15-22(16)32(30,31)27-12-4-3-5-13-27)26-23(28)18-7-10-19(11-8-18)25-24(29)21-14-17(21)2/h6-11,15,17,21H,3-5,12-14H2,1-2H3,(H,25,29)(H,26,28). The summed E-state index contributed by atoms with van der Waals surface area (Å²) >= 11 is 0. The van der Waals surface area contributed by atoms with Crippen molar-refractivity contribution >= 4 is 33.2 Å². The van der Waals surface area contributed by atoms with Gasteiger partial charge in [0.15, 0.2) is 0 Å². The largest absolute Gasteiger partial charge is 0.326 e. The van der Waals surface area contributed by atoms with E-state index in [-0.39, 0.29) is 22.6 Å². The van der Waals surface area contributed by atoms with Crippen LogP contribution < -0.4 is 10.6 Å². The summed E-state index contributed by atoms with van der Waals surface area (Å²) in [7, 11) is -3.60. The van der Waals surface area contributed by atoms with Crippen molar-refractivity contribution in [3.8, 4) is 0 Å². The second-order valence-corrected chi connectivity index (χ2v) is 10.7. The van der Waals surface area contributed by atoms with Crippen LogP contribution in [0, 0.1) is 18.8 Å². The zero-order valence-electron chi connectivity index (χ0n) is 18.4. The maximum Gasteiger partial charge on any atom is 0.255 e. The average Bonchev–Trinajstić information content (AvgIpc) is 3.53. The fraction of sp³-hybridized carbons (Fsp3) is 0.417. The van der Waals surface area contributed by atoms with E-state index < -0.39 is 10.0 Å². The van der Waals surface area contributed by atoms with E-state index in [4.69, 9.17) is 0 Å². The van der Waals surface area contributed by atoms with E-state index in [1.807, 2.05) is 6.92 Å². The summed E-state index contributed by atoms with van der Waals surface area (Å²) in [5.74, 6) is 0.175. The number of nitrogens with zero attached hydrogens (tertiary/aromatic N) is 1. The van der Waals surface area contributed by atoms with Crippen molar-refractivity contribution in [3.63, 3.8) is 0 Å². The summed E-state index contributed by atoms with van der Waals surface area (Å²) in [6.07, 6.45) is 3.69. The first kappa shape index (κ1) is 22.5. The molecule has 0 spiro atoms. The van der Waals surface area contributed by atoms with Gasteiger partial charge in [0.05, 0.1) is 4.90 Å². The topological polar surface area (TPSA) is 95.6 Å². The van der Waals surface area contributed by atoms with Gasteiger partial charge in [0.1, 0.15) is 0 Å². The van der Waals surface area contributed by atoms with Gasteiger partial charge in [-0.25, -0.2) is 8.42 Å². The molecule has 7 nitrogen and oxygen atoms in total. The molecular weight excluding hydrogens is 426 g/mol. The lowest BCUT2D eigenvalue weighted by atomic mass is 10.1. The highest BCUT2D eigenvalue weighted by atomic mass is 32.2. The Morgan fingerprint density at radius 2 is 1.56 bits per heavy atom. The van der Waals surface area contributed by atoms with E-state index in [2.05, 4.69) is 10.6 Å². The Kier molecular flexibility index (Phi) is 6.35. The van der Waals surface area contributed by atoms with Crippen LogP contribution in [0.4, 0.5) is 11.4 Å². The van der Waals surface area contributed by atoms with Gasteiger partial charge in [0, 0.05) is 35.9 Å². The van der Waals surface area contributed by atoms with Crippen molar-refractivity contribution in [2.75, 3.05) is 23.7 Å². The molecular formula is C24H29N3O4S. The third kappa shape index (κ3) is 4.86. The van der Waals surface area contributed by atoms with E-state index in [9.17, 15) is 18.0 Å². The molecule has 1 aliphatic carbocycles. The maximum atomic E-state index is 13.1. The van der Waals surface area contributed by atoms with E-state index >= 15 is 0 Å². The van der Waals surface area contributed by atoms with Gasteiger partial charge in [0.25, 0.3) is 5.91 Å². The number of carbonyl (C=O) groups excluding carboxylic acids is 2. The minimum absolute atomic E-state index is 0.0109. The highest BCUT2D eigenvalue weighted by molar-refractivity contribution is 7.89. The Morgan fingerprint density at radius 3 is 2.19 bits per heavy atom. The van der Waals surface area contributed by atoms with Crippen molar-refractivity contribution in [2.24, 2.45) is 11.8 Å². The molecule has 0 aromatic heterocycles. The van der Waals surface area contributed by atoms with Gasteiger partial charge in [-0.05, 0) is 74.1 Å². The van der Waals surface area contributed by atoms with Gasteiger partial charge in [-0.2, -0.15) is 4.31 Å². The van der Waals surface area contributed by atoms with E-state index in [1.54, 1.807) is 43.3 Å². The number of hydrogen-bond acceptors (Lipinski definition) is 4. The lowest BCUT2D eigenvalue weighted by Gasteiger charge is -2.26. The summed E-state index contributed by atoms with van der Waals surface area (Å²) in [4.78, 5) is 25.0. The molecule has 1 aliphatic heterocycles. The molecule has 1 heterocycles. The highest BCUT2D eigenvalue weighted by Gasteiger charge is 2.39. The molecule has 1 saturated carbocycles. The van der Waals surface area contributed by atoms with Crippen LogP contribution in [0.3, 0.4) is 0 Å². The fourth-order valence-electron chi connectivity index (χ4n) is 4.03. The van der Waals surface area contributed by atoms with Crippen molar-refractivity contribution < 1.29 is 18.0 Å². The van der Waals surface area contributed by atoms with Gasteiger partial charge in [-0.3, -0.25) is 9.59 Å². The normalized spacial score (nSPS) is 21.1. The van der Waals surface area contributed by atoms with Crippen LogP contribution in [0.25, 0.3) is 0 Å². The number of benzene rings is 2. The number of sulfonamides is 1. The summed E-state index contributed by atoms with van der Waals surface area (Å²) in [6.45, 7) is 4.87. The van der Waals surface area contributed by atoms with Crippen LogP contribution in [0.15, 0.2) is 47.4 Å². The molecule has 2 atom stereocenters. The van der Waals surface area contributed by atoms with Crippen molar-refractivity contribution in [3.05, 3.63) is 53.6 Å². The van der Waals surface area contributed by atoms with Crippen LogP contribution >= 0.6 is 0 Å². The summed E-state index contributed by atoms with van der Waals surface area (Å²) in [6, 6.07) is 11.6. The molecule has 2 fully saturated rings. The predicted molar refractivity (Wildman–Crippen MR) is 124 cm³/mol. The number of anilines is 2. The Balaban J connectivity index is 1.45. The smallest absolute Gasteiger partial charge is 0.255 e. The lowest BCUT2D eigenvalue weighted by molar-refractivity contribution is -0.117. The number of rotatable bonds is 6. The molecule has 32 heavy (non-hydrogen) atoms. The number of hydrogen-bond donors (Lipinski definition) is 2. The van der Waals surface area contributed by atoms with Crippen LogP contribution in [-0.4, -0.2) is 37.6 Å². The molecule has 2 aromatic rings. The SMILES string of the molecule is Cc1ccc(NC(=O)c2ccc(NC(=O)C3CC3C)cc2)cc1S(=O)(=O)N1CCCCC1. The zero-order valence-corrected chi connectivity index (χ0v) is 19.2. The van der Waals surface area contributed by atoms with Crippen LogP contribution in [-0.2, 0) is 14.8 Å². The first-order valence-corrected chi connectivity index (χ1v) is 12.5. The second-order valence-electron chi connectivity index (χ2n) is 8.79. The summed E-state index contributed by atoms with van der Waals surface area (Å²) in [5, 5.41) is 5.66. The van der Waals surface area contributed by atoms with Gasteiger partial charge >= 0.3 is 0 Å². The monoisotopic (exact) mass is 455 g/mol. The number of piperidine rings is 1. The van der Waals surface area contributed by atoms with E-state index in [1.165, 1.54) is 10.4 Å². The summed E-state index contributed by atoms with van der Waals surface area (Å²) in [5.41, 5.74) is 2.15. The van der Waals surface area contributed by atoms with Crippen LogP contribution in [0.5, 0.6) is 0 Å². The minimum Gasteiger partial charge on any atom is -0.326 e. The Morgan fingerprint density at radius 1 is 0.938 bits per heavy atom. The van der Waals surface area contributed by atoms with Gasteiger partial charge in [-0.1, -0.05) is 19.4 Å². The number of aryl methyl sites for hydroxylation is 1. The van der Waals surface area contributed by atoms with Crippen molar-refractivity contribution in [2.45, 2.75) is 44.4 Å². The molecule has 2 amide bonds. The third-order valence-electron chi connectivity index (χ3n) is 6.24. The fourth-order valence-corrected chi connectivity index (χ4v) is 5.80. The van der Waals surface area contributed by atoms with Crippen LogP contribution in [0.2, 0.25) is 0 Å². The lowest BCUT2D eigenvalue weighted by Crippen LogP contribution is -2.36. The van der Waals surface area contributed by atoms with Gasteiger partial charge in [0.2, 0.25) is 15.9 Å². The Labute approximate surface area is 189 Å². The predicted octanol–water partition coefficient (Wildman–Crippen LogP) is 4.02. The van der Waals surface area contributed by atoms with Crippen molar-refractivity contribution in [1.29, 1.82) is 0 Å². The molecule has 0 radical (unpaired) electrons. The average molecular weight is 456 g/mol. The van der Waals surface area contributed by atoms with Crippen LogP contribution in [0.1, 0.15) is 48.5 Å². The zero-order chi connectivity index (χ0) is 22.9. The molecule has 170 valence electrons. The van der Waals surface area contributed by atoms with E-state index in [0.717, 1.165) is 25.7 Å². The Bertz CT molecular complexity index is 1120. The van der Waals surface area contributed by atoms with Crippen molar-refractivity contribution in [1.82, 2.24) is 4.31 Å². The maximum absolute atomic E-state index is 13.1. The molecule has 4 rings (SSSR count). The molecule has 1 saturated heterocycles. The number of nitrogens with one attached hydrogen (secondary N) is 2. The molecule has 8 heteroatoms. The minimum atomic E-state index is -3.60. The first-order chi connectivity index (χ1) is 15.3. The molecule has 0 bridgehead atoms. The van der Waals surface area contributed by atoms with Gasteiger partial charge < -0.3 is 10.6 Å².